The molecule has 5 aromatic rings. The first kappa shape index (κ1) is 28.5. The van der Waals surface area contributed by atoms with Crippen LogP contribution in [0.3, 0.4) is 0 Å². The van der Waals surface area contributed by atoms with Gasteiger partial charge in [0.05, 0.1) is 0 Å². The minimum Gasteiger partial charge on any atom is -0.289 e. The van der Waals surface area contributed by atoms with Gasteiger partial charge in [-0.05, 0) is 90.2 Å². The van der Waals surface area contributed by atoms with Crippen molar-refractivity contribution in [2.24, 2.45) is 5.92 Å². The van der Waals surface area contributed by atoms with E-state index in [1.165, 1.54) is 44.5 Å². The lowest BCUT2D eigenvalue weighted by atomic mass is 9.67. The zero-order valence-corrected chi connectivity index (χ0v) is 28.1. The summed E-state index contributed by atoms with van der Waals surface area (Å²) in [5.41, 5.74) is 16.3. The van der Waals surface area contributed by atoms with Crippen molar-refractivity contribution in [1.82, 2.24) is 0 Å². The van der Waals surface area contributed by atoms with E-state index >= 15 is 0 Å². The van der Waals surface area contributed by atoms with Gasteiger partial charge < -0.3 is 0 Å². The molecule has 0 aromatic heterocycles. The molecule has 9 rings (SSSR count). The maximum Gasteiger partial charge on any atom is 0.193 e. The minimum atomic E-state index is -0.300. The molecule has 0 N–H and O–H groups in total. The molecule has 0 amide bonds. The van der Waals surface area contributed by atoms with Gasteiger partial charge in [-0.25, -0.2) is 0 Å². The number of ketones is 1. The lowest BCUT2D eigenvalue weighted by Gasteiger charge is -2.35. The van der Waals surface area contributed by atoms with Crippen LogP contribution in [0.4, 0.5) is 0 Å². The van der Waals surface area contributed by atoms with Crippen molar-refractivity contribution in [2.45, 2.75) is 63.7 Å². The third-order valence-corrected chi connectivity index (χ3v) is 12.2. The fourth-order valence-electron chi connectivity index (χ4n) is 9.66. The second kappa shape index (κ2) is 9.41. The van der Waals surface area contributed by atoms with E-state index < -0.39 is 0 Å². The van der Waals surface area contributed by atoms with E-state index in [4.69, 9.17) is 0 Å². The highest BCUT2D eigenvalue weighted by Crippen LogP contribution is 2.56. The van der Waals surface area contributed by atoms with Crippen molar-refractivity contribution in [3.05, 3.63) is 166 Å². The van der Waals surface area contributed by atoms with Gasteiger partial charge in [0.25, 0.3) is 0 Å². The summed E-state index contributed by atoms with van der Waals surface area (Å²) in [4.78, 5) is 14.6. The molecule has 0 bridgehead atoms. The number of carbonyl (C=O) groups is 1. The number of rotatable bonds is 2. The molecule has 0 saturated heterocycles. The second-order valence-corrected chi connectivity index (χ2v) is 15.7. The molecule has 47 heavy (non-hydrogen) atoms. The lowest BCUT2D eigenvalue weighted by molar-refractivity contribution is 0.103. The summed E-state index contributed by atoms with van der Waals surface area (Å²) in [6.07, 6.45) is 9.14. The van der Waals surface area contributed by atoms with E-state index in [9.17, 15) is 4.79 Å². The summed E-state index contributed by atoms with van der Waals surface area (Å²) in [5.74, 6) is 0.900. The van der Waals surface area contributed by atoms with Crippen LogP contribution in [0.15, 0.2) is 121 Å². The van der Waals surface area contributed by atoms with E-state index in [1.54, 1.807) is 0 Å². The highest BCUT2D eigenvalue weighted by atomic mass is 16.1. The van der Waals surface area contributed by atoms with Gasteiger partial charge in [-0.2, -0.15) is 0 Å². The van der Waals surface area contributed by atoms with E-state index in [2.05, 4.69) is 163 Å². The molecule has 2 atom stereocenters. The van der Waals surface area contributed by atoms with Crippen molar-refractivity contribution in [1.29, 1.82) is 0 Å². The Morgan fingerprint density at radius 1 is 0.489 bits per heavy atom. The average Bonchev–Trinajstić information content (AvgIpc) is 3.47. The molecular formula is C46H40O. The van der Waals surface area contributed by atoms with Gasteiger partial charge >= 0.3 is 0 Å². The summed E-state index contributed by atoms with van der Waals surface area (Å²) < 4.78 is 0. The summed E-state index contributed by atoms with van der Waals surface area (Å²) in [5, 5.41) is 0. The Morgan fingerprint density at radius 3 is 1.74 bits per heavy atom. The van der Waals surface area contributed by atoms with Gasteiger partial charge in [0.2, 0.25) is 0 Å². The van der Waals surface area contributed by atoms with E-state index in [1.807, 2.05) is 0 Å². The molecule has 1 nitrogen and oxygen atoms in total. The van der Waals surface area contributed by atoms with Crippen LogP contribution in [0.1, 0.15) is 96.8 Å². The van der Waals surface area contributed by atoms with Crippen molar-refractivity contribution in [2.75, 3.05) is 0 Å². The molecule has 0 spiro atoms. The molecule has 4 aliphatic carbocycles. The predicted octanol–water partition coefficient (Wildman–Crippen LogP) is 11.3. The Kier molecular flexibility index (Phi) is 5.70. The van der Waals surface area contributed by atoms with Gasteiger partial charge in [0.1, 0.15) is 0 Å². The number of carbonyl (C=O) groups excluding carboxylic acids is 1. The highest BCUT2D eigenvalue weighted by molar-refractivity contribution is 6.14. The molecule has 2 unspecified atom stereocenters. The summed E-state index contributed by atoms with van der Waals surface area (Å²) >= 11 is 0. The fraction of sp³-hybridized carbons (Fsp3) is 0.239. The summed E-state index contributed by atoms with van der Waals surface area (Å²) in [7, 11) is 0. The van der Waals surface area contributed by atoms with Crippen LogP contribution in [-0.2, 0) is 16.2 Å². The van der Waals surface area contributed by atoms with Crippen LogP contribution in [-0.4, -0.2) is 5.78 Å². The van der Waals surface area contributed by atoms with Gasteiger partial charge in [-0.3, -0.25) is 4.79 Å². The fourth-order valence-corrected chi connectivity index (χ4v) is 9.66. The first-order valence-electron chi connectivity index (χ1n) is 17.1. The van der Waals surface area contributed by atoms with Crippen LogP contribution in [0.25, 0.3) is 33.4 Å². The highest BCUT2D eigenvalue weighted by Gasteiger charge is 2.46. The SMILES string of the molecule is CC1(C)c2ccc(-c3cccc4c3-c3ccccc3C4(C)C)cc2C(=O)c2cc(-c3cccc4c3C3C=CC=CC3C4(C)C)ccc21. The van der Waals surface area contributed by atoms with Crippen LogP contribution in [0.5, 0.6) is 0 Å². The molecule has 0 fully saturated rings. The van der Waals surface area contributed by atoms with Crippen molar-refractivity contribution in [3.8, 4) is 33.4 Å². The minimum absolute atomic E-state index is 0.0476. The smallest absolute Gasteiger partial charge is 0.193 e. The molecular weight excluding hydrogens is 569 g/mol. The van der Waals surface area contributed by atoms with Gasteiger partial charge in [-0.1, -0.05) is 151 Å². The van der Waals surface area contributed by atoms with Gasteiger partial charge in [0, 0.05) is 27.9 Å². The van der Waals surface area contributed by atoms with Crippen molar-refractivity contribution < 1.29 is 4.79 Å². The quantitative estimate of drug-likeness (QED) is 0.195. The average molecular weight is 609 g/mol. The van der Waals surface area contributed by atoms with Crippen LogP contribution >= 0.6 is 0 Å². The molecule has 0 heterocycles. The first-order valence-corrected chi connectivity index (χ1v) is 17.1. The number of allylic oxidation sites excluding steroid dienone is 4. The number of benzene rings is 5. The Hall–Kier alpha value is -4.75. The molecule has 0 aliphatic heterocycles. The number of hydrogen-bond donors (Lipinski definition) is 0. The first-order chi connectivity index (χ1) is 22.5. The molecule has 4 aliphatic rings. The van der Waals surface area contributed by atoms with Crippen molar-refractivity contribution in [3.63, 3.8) is 0 Å². The molecule has 0 saturated carbocycles. The zero-order valence-electron chi connectivity index (χ0n) is 28.1. The summed E-state index contributed by atoms with van der Waals surface area (Å²) in [6, 6.07) is 35.5. The van der Waals surface area contributed by atoms with E-state index in [0.29, 0.717) is 11.8 Å². The predicted molar refractivity (Wildman–Crippen MR) is 194 cm³/mol. The van der Waals surface area contributed by atoms with Crippen LogP contribution in [0, 0.1) is 5.92 Å². The Bertz CT molecular complexity index is 2250. The standard InChI is InChI=1S/C46H40O/c1-44(2)37-23-21-27(29-15-11-19-39-41(29)31-13-7-9-17-35(31)45(39,3)4)25-33(37)43(47)34-26-28(22-24-38(34)44)30-16-12-20-40-42(30)32-14-8-10-18-36(32)46(40,5)6/h7-26,31,35H,1-6H3. The molecule has 5 aromatic carbocycles. The second-order valence-electron chi connectivity index (χ2n) is 15.7. The zero-order chi connectivity index (χ0) is 32.5. The molecule has 1 heteroatoms. The maximum atomic E-state index is 14.6. The topological polar surface area (TPSA) is 17.1 Å². The Balaban J connectivity index is 1.18. The van der Waals surface area contributed by atoms with Crippen LogP contribution in [0.2, 0.25) is 0 Å². The largest absolute Gasteiger partial charge is 0.289 e. The van der Waals surface area contributed by atoms with E-state index in [0.717, 1.165) is 33.4 Å². The normalized spacial score (nSPS) is 21.4. The third-order valence-electron chi connectivity index (χ3n) is 12.2. The van der Waals surface area contributed by atoms with Gasteiger partial charge in [-0.15, -0.1) is 0 Å². The van der Waals surface area contributed by atoms with Crippen LogP contribution < -0.4 is 0 Å². The monoisotopic (exact) mass is 608 g/mol. The Labute approximate surface area is 278 Å². The third kappa shape index (κ3) is 3.69. The number of hydrogen-bond acceptors (Lipinski definition) is 1. The molecule has 0 radical (unpaired) electrons. The lowest BCUT2D eigenvalue weighted by Crippen LogP contribution is -2.30. The number of fused-ring (bicyclic) bond motifs is 8. The van der Waals surface area contributed by atoms with Gasteiger partial charge in [0.15, 0.2) is 5.78 Å². The Morgan fingerprint density at radius 2 is 1.02 bits per heavy atom. The maximum absolute atomic E-state index is 14.6. The summed E-state index contributed by atoms with van der Waals surface area (Å²) in [6.45, 7) is 13.9. The van der Waals surface area contributed by atoms with Crippen molar-refractivity contribution >= 4 is 5.78 Å². The molecule has 230 valence electrons. The van der Waals surface area contributed by atoms with E-state index in [-0.39, 0.29) is 22.0 Å².